The zero-order valence-electron chi connectivity index (χ0n) is 11.6. The number of nitrogens with one attached hydrogen (secondary N) is 1. The van der Waals surface area contributed by atoms with Gasteiger partial charge in [0.05, 0.1) is 17.6 Å². The summed E-state index contributed by atoms with van der Waals surface area (Å²) in [6.07, 6.45) is 0. The van der Waals surface area contributed by atoms with Crippen LogP contribution in [0.15, 0.2) is 42.5 Å². The number of aromatic nitrogens is 2. The number of alkyl halides is 1. The van der Waals surface area contributed by atoms with Gasteiger partial charge < -0.3 is 9.72 Å². The Morgan fingerprint density at radius 2 is 1.95 bits per heavy atom. The molecule has 108 valence electrons. The Kier molecular flexibility index (Phi) is 4.30. The van der Waals surface area contributed by atoms with Gasteiger partial charge in [-0.05, 0) is 55.0 Å². The topological polar surface area (TPSA) is 29.9 Å². The van der Waals surface area contributed by atoms with Crippen LogP contribution in [0.5, 0.6) is 5.75 Å². The average Bonchev–Trinajstić information content (AvgIpc) is 2.84. The Balaban J connectivity index is 2.19. The van der Waals surface area contributed by atoms with E-state index in [1.54, 1.807) is 0 Å². The van der Waals surface area contributed by atoms with Crippen molar-refractivity contribution in [2.24, 2.45) is 0 Å². The van der Waals surface area contributed by atoms with Gasteiger partial charge in [-0.15, -0.1) is 0 Å². The van der Waals surface area contributed by atoms with Gasteiger partial charge in [-0.3, -0.25) is 4.57 Å². The summed E-state index contributed by atoms with van der Waals surface area (Å²) in [4.78, 5) is 3.28. The first kappa shape index (κ1) is 14.6. The van der Waals surface area contributed by atoms with Crippen LogP contribution < -0.4 is 4.74 Å². The van der Waals surface area contributed by atoms with E-state index in [2.05, 4.69) is 50.3 Å². The quantitative estimate of drug-likeness (QED) is 0.372. The average molecular weight is 410 g/mol. The number of hydrogen-bond acceptors (Lipinski definition) is 2. The summed E-state index contributed by atoms with van der Waals surface area (Å²) in [5, 5.41) is 0. The van der Waals surface area contributed by atoms with Gasteiger partial charge in [-0.2, -0.15) is 0 Å². The van der Waals surface area contributed by atoms with Crippen LogP contribution in [0, 0.1) is 4.77 Å². The third-order valence-corrected chi connectivity index (χ3v) is 4.44. The van der Waals surface area contributed by atoms with E-state index in [4.69, 9.17) is 17.0 Å². The monoisotopic (exact) mass is 410 g/mol. The molecule has 5 heteroatoms. The predicted molar refractivity (Wildman–Crippen MR) is 97.4 cm³/mol. The van der Waals surface area contributed by atoms with Crippen LogP contribution in [-0.4, -0.2) is 16.2 Å². The number of fused-ring (bicyclic) bond motifs is 1. The molecule has 0 fully saturated rings. The van der Waals surface area contributed by atoms with Crippen LogP contribution in [0.2, 0.25) is 0 Å². The minimum absolute atomic E-state index is 0.671. The number of benzene rings is 2. The first-order chi connectivity index (χ1) is 10.2. The van der Waals surface area contributed by atoms with Gasteiger partial charge in [0.15, 0.2) is 4.77 Å². The van der Waals surface area contributed by atoms with Gasteiger partial charge in [0.1, 0.15) is 5.75 Å². The molecule has 3 rings (SSSR count). The largest absolute Gasteiger partial charge is 0.494 e. The molecule has 0 aliphatic heterocycles. The highest BCUT2D eigenvalue weighted by Crippen LogP contribution is 2.25. The molecule has 0 bridgehead atoms. The molecular weight excluding hydrogens is 395 g/mol. The van der Waals surface area contributed by atoms with Gasteiger partial charge >= 0.3 is 0 Å². The van der Waals surface area contributed by atoms with Crippen LogP contribution >= 0.6 is 34.8 Å². The lowest BCUT2D eigenvalue weighted by Gasteiger charge is -2.09. The predicted octanol–water partition coefficient (Wildman–Crippen LogP) is 5.02. The lowest BCUT2D eigenvalue weighted by Crippen LogP contribution is -1.97. The van der Waals surface area contributed by atoms with Crippen molar-refractivity contribution in [3.05, 3.63) is 52.8 Å². The molecule has 0 unspecified atom stereocenters. The maximum Gasteiger partial charge on any atom is 0.182 e. The molecule has 1 aromatic heterocycles. The summed E-state index contributed by atoms with van der Waals surface area (Å²) >= 11 is 7.88. The number of hydrogen-bond donors (Lipinski definition) is 1. The molecule has 0 aliphatic rings. The van der Waals surface area contributed by atoms with Crippen LogP contribution in [0.3, 0.4) is 0 Å². The fraction of sp³-hybridized carbons (Fsp3) is 0.188. The smallest absolute Gasteiger partial charge is 0.182 e. The molecule has 1 N–H and O–H groups in total. The maximum atomic E-state index is 5.50. The van der Waals surface area contributed by atoms with Gasteiger partial charge in [-0.25, -0.2) is 0 Å². The molecule has 0 amide bonds. The SMILES string of the molecule is CCOc1ccc(-n2c(=S)[nH]c3cccc(CI)c32)cc1. The zero-order chi connectivity index (χ0) is 14.8. The van der Waals surface area contributed by atoms with Crippen molar-refractivity contribution in [2.75, 3.05) is 6.61 Å². The minimum Gasteiger partial charge on any atom is -0.494 e. The molecule has 0 spiro atoms. The Labute approximate surface area is 142 Å². The van der Waals surface area contributed by atoms with Gasteiger partial charge in [-0.1, -0.05) is 34.7 Å². The van der Waals surface area contributed by atoms with Gasteiger partial charge in [0, 0.05) is 10.1 Å². The Hall–Kier alpha value is -1.34. The van der Waals surface area contributed by atoms with Crippen molar-refractivity contribution in [3.8, 4) is 11.4 Å². The van der Waals surface area contributed by atoms with Gasteiger partial charge in [0.2, 0.25) is 0 Å². The number of ether oxygens (including phenoxy) is 1. The molecule has 1 heterocycles. The van der Waals surface area contributed by atoms with Gasteiger partial charge in [0.25, 0.3) is 0 Å². The van der Waals surface area contributed by atoms with Crippen molar-refractivity contribution < 1.29 is 4.74 Å². The first-order valence-electron chi connectivity index (χ1n) is 6.76. The van der Waals surface area contributed by atoms with Crippen LogP contribution in [0.4, 0.5) is 0 Å². The molecule has 0 saturated carbocycles. The zero-order valence-corrected chi connectivity index (χ0v) is 14.6. The molecule has 0 radical (unpaired) electrons. The highest BCUT2D eigenvalue weighted by atomic mass is 127. The summed E-state index contributed by atoms with van der Waals surface area (Å²) in [5.74, 6) is 0.877. The molecule has 2 aromatic carbocycles. The number of H-pyrrole nitrogens is 1. The normalized spacial score (nSPS) is 11.0. The third-order valence-electron chi connectivity index (χ3n) is 3.34. The number of imidazole rings is 1. The van der Waals surface area contributed by atoms with E-state index in [9.17, 15) is 0 Å². The van der Waals surface area contributed by atoms with E-state index in [0.29, 0.717) is 11.4 Å². The fourth-order valence-corrected chi connectivity index (χ4v) is 3.36. The molecular formula is C16H15IN2OS. The molecule has 3 nitrogen and oxygen atoms in total. The number of rotatable bonds is 4. The van der Waals surface area contributed by atoms with Crippen molar-refractivity contribution in [1.82, 2.24) is 9.55 Å². The van der Waals surface area contributed by atoms with Crippen LogP contribution in [0.1, 0.15) is 12.5 Å². The van der Waals surface area contributed by atoms with E-state index >= 15 is 0 Å². The highest BCUT2D eigenvalue weighted by molar-refractivity contribution is 14.1. The van der Waals surface area contributed by atoms with Crippen molar-refractivity contribution in [1.29, 1.82) is 0 Å². The molecule has 3 aromatic rings. The van der Waals surface area contributed by atoms with E-state index in [1.165, 1.54) is 5.56 Å². The lowest BCUT2D eigenvalue weighted by atomic mass is 10.2. The number of aromatic amines is 1. The summed E-state index contributed by atoms with van der Waals surface area (Å²) in [6, 6.07) is 14.3. The molecule has 0 saturated heterocycles. The minimum atomic E-state index is 0.671. The van der Waals surface area contributed by atoms with Crippen molar-refractivity contribution >= 4 is 45.8 Å². The van der Waals surface area contributed by atoms with E-state index in [1.807, 2.05) is 31.2 Å². The van der Waals surface area contributed by atoms with Crippen molar-refractivity contribution in [2.45, 2.75) is 11.4 Å². The maximum absolute atomic E-state index is 5.50. The first-order valence-corrected chi connectivity index (χ1v) is 8.69. The summed E-state index contributed by atoms with van der Waals surface area (Å²) in [5.41, 5.74) is 4.55. The fourth-order valence-electron chi connectivity index (χ4n) is 2.44. The second-order valence-corrected chi connectivity index (χ2v) is 5.79. The molecule has 0 aliphatic carbocycles. The Morgan fingerprint density at radius 3 is 2.62 bits per heavy atom. The Bertz CT molecular complexity index is 820. The van der Waals surface area contributed by atoms with E-state index in [0.717, 1.165) is 26.9 Å². The number of para-hydroxylation sites is 1. The number of halogens is 1. The lowest BCUT2D eigenvalue weighted by molar-refractivity contribution is 0.340. The number of nitrogens with zero attached hydrogens (tertiary/aromatic N) is 1. The summed E-state index contributed by atoms with van der Waals surface area (Å²) < 4.78 is 9.25. The second-order valence-electron chi connectivity index (χ2n) is 4.64. The Morgan fingerprint density at radius 1 is 1.19 bits per heavy atom. The van der Waals surface area contributed by atoms with Crippen molar-refractivity contribution in [3.63, 3.8) is 0 Å². The van der Waals surface area contributed by atoms with Crippen LogP contribution in [-0.2, 0) is 4.43 Å². The summed E-state index contributed by atoms with van der Waals surface area (Å²) in [6.45, 7) is 2.65. The van der Waals surface area contributed by atoms with Crippen LogP contribution in [0.25, 0.3) is 16.7 Å². The molecule has 21 heavy (non-hydrogen) atoms. The van der Waals surface area contributed by atoms with E-state index in [-0.39, 0.29) is 0 Å². The third kappa shape index (κ3) is 2.72. The highest BCUT2D eigenvalue weighted by Gasteiger charge is 2.10. The summed E-state index contributed by atoms with van der Waals surface area (Å²) in [7, 11) is 0. The molecule has 0 atom stereocenters. The second kappa shape index (κ2) is 6.19. The standard InChI is InChI=1S/C16H15IN2OS/c1-2-20-13-8-6-12(7-9-13)19-15-11(10-17)4-3-5-14(15)18-16(19)21/h3-9H,2,10H2,1H3,(H,18,21). The van der Waals surface area contributed by atoms with E-state index < -0.39 is 0 Å².